The number of fused-ring (bicyclic) bond motifs is 1. The Hall–Kier alpha value is -2.82. The summed E-state index contributed by atoms with van der Waals surface area (Å²) in [6.45, 7) is 5.49. The monoisotopic (exact) mass is 491 g/mol. The third-order valence-electron chi connectivity index (χ3n) is 5.83. The predicted octanol–water partition coefficient (Wildman–Crippen LogP) is 2.59. The number of ether oxygens (including phenoxy) is 3. The summed E-state index contributed by atoms with van der Waals surface area (Å²) >= 11 is 0. The molecule has 1 aliphatic rings. The quantitative estimate of drug-likeness (QED) is 0.662. The maximum absolute atomic E-state index is 13.2. The highest BCUT2D eigenvalue weighted by Gasteiger charge is 2.26. The Morgan fingerprint density at radius 3 is 2.62 bits per heavy atom. The molecule has 0 fully saturated rings. The van der Waals surface area contributed by atoms with Gasteiger partial charge in [-0.15, -0.1) is 0 Å². The van der Waals surface area contributed by atoms with Gasteiger partial charge in [0.25, 0.3) is 15.9 Å². The van der Waals surface area contributed by atoms with Crippen molar-refractivity contribution in [2.75, 3.05) is 45.7 Å². The molecule has 186 valence electrons. The van der Waals surface area contributed by atoms with Crippen LogP contribution in [-0.4, -0.2) is 72.3 Å². The molecular formula is C24H33N3O6S. The molecule has 1 aliphatic heterocycles. The number of anilines is 1. The van der Waals surface area contributed by atoms with Gasteiger partial charge in [-0.3, -0.25) is 9.52 Å². The molecule has 9 nitrogen and oxygen atoms in total. The lowest BCUT2D eigenvalue weighted by Gasteiger charge is -2.30. The Labute approximate surface area is 201 Å². The van der Waals surface area contributed by atoms with Crippen LogP contribution in [0.1, 0.15) is 24.2 Å². The van der Waals surface area contributed by atoms with Gasteiger partial charge in [0, 0.05) is 45.4 Å². The molecule has 0 saturated heterocycles. The van der Waals surface area contributed by atoms with Crippen LogP contribution in [0.3, 0.4) is 0 Å². The van der Waals surface area contributed by atoms with Crippen molar-refractivity contribution in [1.82, 2.24) is 10.2 Å². The van der Waals surface area contributed by atoms with Gasteiger partial charge in [0.05, 0.1) is 29.4 Å². The average Bonchev–Trinajstić information content (AvgIpc) is 2.83. The molecule has 0 aliphatic carbocycles. The Bertz CT molecular complexity index is 1110. The average molecular weight is 492 g/mol. The molecule has 3 atom stereocenters. The predicted molar refractivity (Wildman–Crippen MR) is 130 cm³/mol. The van der Waals surface area contributed by atoms with E-state index >= 15 is 0 Å². The number of sulfonamides is 1. The molecule has 0 saturated carbocycles. The minimum absolute atomic E-state index is 0.0113. The Morgan fingerprint density at radius 2 is 1.91 bits per heavy atom. The van der Waals surface area contributed by atoms with Gasteiger partial charge in [0.2, 0.25) is 0 Å². The summed E-state index contributed by atoms with van der Waals surface area (Å²) in [5.74, 6) is 0.698. The van der Waals surface area contributed by atoms with Crippen molar-refractivity contribution in [3.8, 4) is 11.5 Å². The fourth-order valence-corrected chi connectivity index (χ4v) is 4.79. The molecule has 0 spiro atoms. The van der Waals surface area contributed by atoms with E-state index < -0.39 is 10.0 Å². The normalized spacial score (nSPS) is 22.1. The molecule has 0 radical (unpaired) electrons. The van der Waals surface area contributed by atoms with Crippen LogP contribution in [0.25, 0.3) is 0 Å². The number of amides is 1. The highest BCUT2D eigenvalue weighted by Crippen LogP contribution is 2.28. The second-order valence-corrected chi connectivity index (χ2v) is 10.2. The van der Waals surface area contributed by atoms with Crippen molar-refractivity contribution in [3.63, 3.8) is 0 Å². The van der Waals surface area contributed by atoms with Crippen LogP contribution in [-0.2, 0) is 14.8 Å². The van der Waals surface area contributed by atoms with Gasteiger partial charge in [-0.2, -0.15) is 0 Å². The fraction of sp³-hybridized carbons (Fsp3) is 0.458. The van der Waals surface area contributed by atoms with Gasteiger partial charge in [-0.25, -0.2) is 8.42 Å². The minimum Gasteiger partial charge on any atom is -0.497 e. The second kappa shape index (κ2) is 11.1. The van der Waals surface area contributed by atoms with Crippen molar-refractivity contribution in [2.24, 2.45) is 5.92 Å². The molecule has 2 N–H and O–H groups in total. The van der Waals surface area contributed by atoms with Crippen LogP contribution in [0.5, 0.6) is 11.5 Å². The molecule has 10 heteroatoms. The molecule has 3 rings (SSSR count). The zero-order valence-electron chi connectivity index (χ0n) is 20.2. The first-order valence-electron chi connectivity index (χ1n) is 11.1. The van der Waals surface area contributed by atoms with Crippen LogP contribution in [0, 0.1) is 5.92 Å². The van der Waals surface area contributed by atoms with Gasteiger partial charge in [0.15, 0.2) is 0 Å². The highest BCUT2D eigenvalue weighted by molar-refractivity contribution is 7.92. The van der Waals surface area contributed by atoms with Gasteiger partial charge in [-0.05, 0) is 37.1 Å². The van der Waals surface area contributed by atoms with E-state index in [0.717, 1.165) is 0 Å². The summed E-state index contributed by atoms with van der Waals surface area (Å²) < 4.78 is 45.1. The van der Waals surface area contributed by atoms with E-state index in [9.17, 15) is 13.2 Å². The summed E-state index contributed by atoms with van der Waals surface area (Å²) in [6.07, 6.45) is -0.133. The number of hydrogen-bond acceptors (Lipinski definition) is 7. The standard InChI is InChI=1S/C24H33N3O6S/c1-16-13-25-17(2)15-33-22-11-18(9-10-21(22)24(28)27(3)14-23(16)32-5)26-34(29,30)20-8-6-7-19(12-20)31-4/h6-12,16-17,23,25-26H,13-15H2,1-5H3/t16-,17+,23-/m0/s1. The molecule has 2 aromatic rings. The lowest BCUT2D eigenvalue weighted by molar-refractivity contribution is 0.0281. The van der Waals surface area contributed by atoms with E-state index in [1.165, 1.54) is 25.3 Å². The zero-order valence-corrected chi connectivity index (χ0v) is 21.0. The zero-order chi connectivity index (χ0) is 24.9. The van der Waals surface area contributed by atoms with E-state index in [1.54, 1.807) is 43.3 Å². The SMILES string of the molecule is COc1cccc(S(=O)(=O)Nc2ccc3c(c2)OC[C@@H](C)NC[C@H](C)[C@@H](OC)CN(C)C3=O)c1. The van der Waals surface area contributed by atoms with Crippen molar-refractivity contribution < 1.29 is 27.4 Å². The number of hydrogen-bond donors (Lipinski definition) is 2. The van der Waals surface area contributed by atoms with E-state index in [2.05, 4.69) is 17.0 Å². The van der Waals surface area contributed by atoms with Crippen LogP contribution in [0.4, 0.5) is 5.69 Å². The lowest BCUT2D eigenvalue weighted by atomic mass is 10.0. The second-order valence-electron chi connectivity index (χ2n) is 8.55. The van der Waals surface area contributed by atoms with E-state index in [0.29, 0.717) is 36.8 Å². The number of benzene rings is 2. The van der Waals surface area contributed by atoms with Crippen molar-refractivity contribution in [2.45, 2.75) is 30.9 Å². The molecule has 2 aromatic carbocycles. The summed E-state index contributed by atoms with van der Waals surface area (Å²) in [5, 5.41) is 3.42. The number of methoxy groups -OCH3 is 2. The molecule has 1 amide bonds. The number of likely N-dealkylation sites (N-methyl/N-ethyl adjacent to an activating group) is 1. The van der Waals surface area contributed by atoms with E-state index in [-0.39, 0.29) is 34.6 Å². The largest absolute Gasteiger partial charge is 0.497 e. The van der Waals surface area contributed by atoms with Gasteiger partial charge in [-0.1, -0.05) is 13.0 Å². The van der Waals surface area contributed by atoms with Crippen LogP contribution < -0.4 is 19.5 Å². The van der Waals surface area contributed by atoms with Crippen LogP contribution in [0.2, 0.25) is 0 Å². The smallest absolute Gasteiger partial charge is 0.262 e. The fourth-order valence-electron chi connectivity index (χ4n) is 3.70. The molecule has 0 unspecified atom stereocenters. The Morgan fingerprint density at radius 1 is 1.15 bits per heavy atom. The number of nitrogens with one attached hydrogen (secondary N) is 2. The first-order valence-corrected chi connectivity index (χ1v) is 12.6. The van der Waals surface area contributed by atoms with Crippen molar-refractivity contribution in [1.29, 1.82) is 0 Å². The van der Waals surface area contributed by atoms with E-state index in [1.807, 2.05) is 6.92 Å². The Kier molecular flexibility index (Phi) is 8.40. The van der Waals surface area contributed by atoms with Crippen molar-refractivity contribution in [3.05, 3.63) is 48.0 Å². The third-order valence-corrected chi connectivity index (χ3v) is 7.21. The number of carbonyl (C=O) groups is 1. The molecule has 34 heavy (non-hydrogen) atoms. The molecule has 0 aromatic heterocycles. The maximum atomic E-state index is 13.2. The van der Waals surface area contributed by atoms with Crippen LogP contribution in [0.15, 0.2) is 47.4 Å². The summed E-state index contributed by atoms with van der Waals surface area (Å²) in [4.78, 5) is 14.9. The minimum atomic E-state index is -3.87. The summed E-state index contributed by atoms with van der Waals surface area (Å²) in [6, 6.07) is 10.9. The van der Waals surface area contributed by atoms with Crippen molar-refractivity contribution >= 4 is 21.6 Å². The number of nitrogens with zero attached hydrogens (tertiary/aromatic N) is 1. The first kappa shape index (κ1) is 25.8. The van der Waals surface area contributed by atoms with Gasteiger partial charge < -0.3 is 24.4 Å². The highest BCUT2D eigenvalue weighted by atomic mass is 32.2. The first-order chi connectivity index (χ1) is 16.1. The number of rotatable bonds is 5. The number of carbonyl (C=O) groups excluding carboxylic acids is 1. The molecular weight excluding hydrogens is 458 g/mol. The Balaban J connectivity index is 1.92. The molecule has 0 bridgehead atoms. The third kappa shape index (κ3) is 6.19. The van der Waals surface area contributed by atoms with E-state index in [4.69, 9.17) is 14.2 Å². The van der Waals surface area contributed by atoms with Crippen LogP contribution >= 0.6 is 0 Å². The van der Waals surface area contributed by atoms with Gasteiger partial charge >= 0.3 is 0 Å². The topological polar surface area (TPSA) is 106 Å². The summed E-state index contributed by atoms with van der Waals surface area (Å²) in [5.41, 5.74) is 0.634. The van der Waals surface area contributed by atoms with Gasteiger partial charge in [0.1, 0.15) is 18.1 Å². The molecule has 1 heterocycles. The lowest BCUT2D eigenvalue weighted by Crippen LogP contribution is -2.44. The summed E-state index contributed by atoms with van der Waals surface area (Å²) in [7, 11) is 0.958. The maximum Gasteiger partial charge on any atom is 0.262 e.